The standard InChI is InChI=1S/C24H24N6O5/c1-34-20-5-3-16-21(30-20)17(8-11-25-16)28-23(32)24(33)9-6-14(7-10-24)26-12-15-2-4-18-22(27-15)29-19(31)13-35-18/h2-6,8-9,11,14,26,33H,7,10,12-13H2,1H3,(H,25,28,32)(H,27,29,31)/t14-,24-/m0/s1. The third-order valence-electron chi connectivity index (χ3n) is 5.93. The number of fused-ring (bicyclic) bond motifs is 2. The second-order valence-electron chi connectivity index (χ2n) is 8.33. The van der Waals surface area contributed by atoms with Crippen molar-refractivity contribution in [3.05, 3.63) is 54.4 Å². The van der Waals surface area contributed by atoms with Gasteiger partial charge in [0.1, 0.15) is 5.52 Å². The first-order chi connectivity index (χ1) is 16.9. The van der Waals surface area contributed by atoms with Gasteiger partial charge in [0.05, 0.1) is 24.0 Å². The molecule has 0 aromatic carbocycles. The molecule has 0 saturated heterocycles. The number of nitrogens with zero attached hydrogens (tertiary/aromatic N) is 3. The second kappa shape index (κ2) is 9.28. The average Bonchev–Trinajstić information content (AvgIpc) is 2.88. The van der Waals surface area contributed by atoms with E-state index < -0.39 is 11.5 Å². The quantitative estimate of drug-likeness (QED) is 0.389. The minimum absolute atomic E-state index is 0.0161. The maximum Gasteiger partial charge on any atom is 0.263 e. The third-order valence-corrected chi connectivity index (χ3v) is 5.93. The predicted octanol–water partition coefficient (Wildman–Crippen LogP) is 1.54. The van der Waals surface area contributed by atoms with E-state index in [9.17, 15) is 14.7 Å². The van der Waals surface area contributed by atoms with Crippen LogP contribution in [0.4, 0.5) is 11.5 Å². The molecule has 1 aliphatic heterocycles. The molecule has 0 bridgehead atoms. The van der Waals surface area contributed by atoms with E-state index in [1.807, 2.05) is 6.07 Å². The number of rotatable bonds is 6. The van der Waals surface area contributed by atoms with Crippen LogP contribution in [0.2, 0.25) is 0 Å². The summed E-state index contributed by atoms with van der Waals surface area (Å²) >= 11 is 0. The molecule has 4 N–H and O–H groups in total. The monoisotopic (exact) mass is 476 g/mol. The Labute approximate surface area is 200 Å². The summed E-state index contributed by atoms with van der Waals surface area (Å²) in [5, 5.41) is 19.8. The number of hydrogen-bond acceptors (Lipinski definition) is 9. The van der Waals surface area contributed by atoms with Crippen LogP contribution in [0, 0.1) is 0 Å². The molecule has 5 rings (SSSR count). The lowest BCUT2D eigenvalue weighted by atomic mass is 9.87. The van der Waals surface area contributed by atoms with Gasteiger partial charge in [-0.25, -0.2) is 9.97 Å². The number of nitrogens with one attached hydrogen (secondary N) is 3. The minimum Gasteiger partial charge on any atom is -0.481 e. The number of methoxy groups -OCH3 is 1. The molecule has 2 aliphatic rings. The summed E-state index contributed by atoms with van der Waals surface area (Å²) in [7, 11) is 1.51. The van der Waals surface area contributed by atoms with Crippen molar-refractivity contribution in [3.8, 4) is 11.6 Å². The molecule has 11 nitrogen and oxygen atoms in total. The van der Waals surface area contributed by atoms with Gasteiger partial charge in [-0.15, -0.1) is 0 Å². The molecule has 4 heterocycles. The molecular weight excluding hydrogens is 452 g/mol. The first-order valence-electron chi connectivity index (χ1n) is 11.1. The van der Waals surface area contributed by atoms with Gasteiger partial charge in [-0.2, -0.15) is 0 Å². The van der Waals surface area contributed by atoms with Gasteiger partial charge in [-0.05, 0) is 43.2 Å². The van der Waals surface area contributed by atoms with Crippen molar-refractivity contribution < 1.29 is 24.2 Å². The van der Waals surface area contributed by atoms with Crippen LogP contribution in [0.15, 0.2) is 48.7 Å². The van der Waals surface area contributed by atoms with Gasteiger partial charge in [0, 0.05) is 24.8 Å². The smallest absolute Gasteiger partial charge is 0.263 e. The molecule has 180 valence electrons. The van der Waals surface area contributed by atoms with Gasteiger partial charge in [-0.3, -0.25) is 14.6 Å². The normalized spacial score (nSPS) is 21.1. The number of carbonyl (C=O) groups is 2. The third kappa shape index (κ3) is 4.77. The van der Waals surface area contributed by atoms with Crippen LogP contribution >= 0.6 is 0 Å². The van der Waals surface area contributed by atoms with E-state index in [0.29, 0.717) is 47.1 Å². The van der Waals surface area contributed by atoms with Crippen molar-refractivity contribution in [2.75, 3.05) is 24.4 Å². The lowest BCUT2D eigenvalue weighted by Crippen LogP contribution is -2.45. The Kier molecular flexibility index (Phi) is 6.01. The van der Waals surface area contributed by atoms with Gasteiger partial charge in [0.15, 0.2) is 23.8 Å². The molecule has 11 heteroatoms. The molecule has 0 spiro atoms. The van der Waals surface area contributed by atoms with Crippen LogP contribution in [0.1, 0.15) is 18.5 Å². The van der Waals surface area contributed by atoms with Crippen LogP contribution in [0.3, 0.4) is 0 Å². The maximum atomic E-state index is 13.0. The van der Waals surface area contributed by atoms with Gasteiger partial charge in [0.25, 0.3) is 11.8 Å². The number of aromatic nitrogens is 3. The predicted molar refractivity (Wildman–Crippen MR) is 127 cm³/mol. The molecule has 35 heavy (non-hydrogen) atoms. The number of ether oxygens (including phenoxy) is 2. The first kappa shape index (κ1) is 22.7. The maximum absolute atomic E-state index is 13.0. The van der Waals surface area contributed by atoms with Gasteiger partial charge in [-0.1, -0.05) is 6.08 Å². The van der Waals surface area contributed by atoms with E-state index in [0.717, 1.165) is 5.69 Å². The highest BCUT2D eigenvalue weighted by atomic mass is 16.5. The molecule has 0 unspecified atom stereocenters. The van der Waals surface area contributed by atoms with E-state index in [2.05, 4.69) is 30.9 Å². The fourth-order valence-electron chi connectivity index (χ4n) is 3.98. The Morgan fingerprint density at radius 3 is 2.97 bits per heavy atom. The zero-order chi connectivity index (χ0) is 24.4. The summed E-state index contributed by atoms with van der Waals surface area (Å²) in [6.45, 7) is 0.428. The molecule has 1 aliphatic carbocycles. The highest BCUT2D eigenvalue weighted by Gasteiger charge is 2.36. The highest BCUT2D eigenvalue weighted by Crippen LogP contribution is 2.28. The molecule has 3 aromatic heterocycles. The van der Waals surface area contributed by atoms with Gasteiger partial charge >= 0.3 is 0 Å². The molecule has 2 atom stereocenters. The molecule has 0 fully saturated rings. The Balaban J connectivity index is 1.23. The Morgan fingerprint density at radius 1 is 1.29 bits per heavy atom. The molecular formula is C24H24N6O5. The zero-order valence-corrected chi connectivity index (χ0v) is 18.9. The Bertz CT molecular complexity index is 1330. The largest absolute Gasteiger partial charge is 0.481 e. The van der Waals surface area contributed by atoms with Crippen molar-refractivity contribution in [3.63, 3.8) is 0 Å². The number of amides is 2. The van der Waals surface area contributed by atoms with Crippen LogP contribution < -0.4 is 25.4 Å². The number of carbonyl (C=O) groups excluding carboxylic acids is 2. The van der Waals surface area contributed by atoms with Crippen molar-refractivity contribution in [2.24, 2.45) is 0 Å². The van der Waals surface area contributed by atoms with Crippen LogP contribution in [-0.4, -0.2) is 57.2 Å². The van der Waals surface area contributed by atoms with E-state index >= 15 is 0 Å². The summed E-state index contributed by atoms with van der Waals surface area (Å²) < 4.78 is 10.5. The lowest BCUT2D eigenvalue weighted by molar-refractivity contribution is -0.130. The fraction of sp³-hybridized carbons (Fsp3) is 0.292. The van der Waals surface area contributed by atoms with Gasteiger partial charge in [0.2, 0.25) is 5.88 Å². The Hall–Kier alpha value is -4.09. The van der Waals surface area contributed by atoms with E-state index in [-0.39, 0.29) is 25.0 Å². The zero-order valence-electron chi connectivity index (χ0n) is 18.9. The summed E-state index contributed by atoms with van der Waals surface area (Å²) in [4.78, 5) is 37.5. The van der Waals surface area contributed by atoms with E-state index in [4.69, 9.17) is 9.47 Å². The molecule has 2 amide bonds. The minimum atomic E-state index is -1.65. The topological polar surface area (TPSA) is 148 Å². The SMILES string of the molecule is COc1ccc2nccc(NC(=O)[C@]3(O)C=C[C@H](NCc4ccc5c(n4)NC(=O)CO5)CC3)c2n1. The number of aliphatic hydroxyl groups is 1. The molecule has 3 aromatic rings. The van der Waals surface area contributed by atoms with Crippen molar-refractivity contribution in [1.82, 2.24) is 20.3 Å². The van der Waals surface area contributed by atoms with E-state index in [1.165, 1.54) is 13.2 Å². The first-order valence-corrected chi connectivity index (χ1v) is 11.1. The number of anilines is 2. The van der Waals surface area contributed by atoms with Crippen molar-refractivity contribution >= 4 is 34.4 Å². The summed E-state index contributed by atoms with van der Waals surface area (Å²) in [6.07, 6.45) is 5.62. The molecule has 0 radical (unpaired) electrons. The van der Waals surface area contributed by atoms with Crippen molar-refractivity contribution in [1.29, 1.82) is 0 Å². The number of pyridine rings is 3. The summed E-state index contributed by atoms with van der Waals surface area (Å²) in [5.41, 5.74) is 0.589. The highest BCUT2D eigenvalue weighted by molar-refractivity contribution is 6.03. The molecule has 0 saturated carbocycles. The van der Waals surface area contributed by atoms with Gasteiger partial charge < -0.3 is 30.5 Å². The fourth-order valence-corrected chi connectivity index (χ4v) is 3.98. The lowest BCUT2D eigenvalue weighted by Gasteiger charge is -2.30. The van der Waals surface area contributed by atoms with Crippen LogP contribution in [0.25, 0.3) is 11.0 Å². The Morgan fingerprint density at radius 2 is 2.17 bits per heavy atom. The number of hydrogen-bond donors (Lipinski definition) is 4. The summed E-state index contributed by atoms with van der Waals surface area (Å²) in [5.74, 6) is 0.558. The second-order valence-corrected chi connectivity index (χ2v) is 8.33. The summed E-state index contributed by atoms with van der Waals surface area (Å²) in [6, 6.07) is 8.61. The van der Waals surface area contributed by atoms with E-state index in [1.54, 1.807) is 36.5 Å². The van der Waals surface area contributed by atoms with Crippen molar-refractivity contribution in [2.45, 2.75) is 31.0 Å². The van der Waals surface area contributed by atoms with Crippen LogP contribution in [-0.2, 0) is 16.1 Å². The average molecular weight is 476 g/mol. The van der Waals surface area contributed by atoms with Crippen LogP contribution in [0.5, 0.6) is 11.6 Å².